The largest absolute Gasteiger partial charge is 0.470 e. The predicted octanol–water partition coefficient (Wildman–Crippen LogP) is 2.36. The molecule has 1 N–H and O–H groups in total. The third kappa shape index (κ3) is 3.77. The lowest BCUT2D eigenvalue weighted by Crippen LogP contribution is -2.16. The van der Waals surface area contributed by atoms with Crippen LogP contribution in [0.3, 0.4) is 0 Å². The van der Waals surface area contributed by atoms with Gasteiger partial charge in [-0.25, -0.2) is 0 Å². The Bertz CT molecular complexity index is 1190. The Balaban J connectivity index is 1.73. The molecule has 0 radical (unpaired) electrons. The van der Waals surface area contributed by atoms with Crippen molar-refractivity contribution in [2.24, 2.45) is 0 Å². The highest BCUT2D eigenvalue weighted by Gasteiger charge is 2.24. The Hall–Kier alpha value is -3.66. The number of hydrogen-bond donors (Lipinski definition) is 1. The highest BCUT2D eigenvalue weighted by molar-refractivity contribution is 5.73. The van der Waals surface area contributed by atoms with E-state index in [0.29, 0.717) is 40.1 Å². The first kappa shape index (κ1) is 19.6. The van der Waals surface area contributed by atoms with Crippen molar-refractivity contribution in [3.05, 3.63) is 53.0 Å². The van der Waals surface area contributed by atoms with Gasteiger partial charge < -0.3 is 14.4 Å². The summed E-state index contributed by atoms with van der Waals surface area (Å²) < 4.78 is 12.6. The van der Waals surface area contributed by atoms with Crippen LogP contribution < -0.4 is 4.74 Å². The highest BCUT2D eigenvalue weighted by atomic mass is 16.5. The maximum absolute atomic E-state index is 10.8. The number of rotatable bonds is 6. The average molecular weight is 408 g/mol. The van der Waals surface area contributed by atoms with Crippen molar-refractivity contribution in [1.29, 1.82) is 0 Å². The van der Waals surface area contributed by atoms with Crippen LogP contribution in [0, 0.1) is 0 Å². The normalized spacial score (nSPS) is 11.7. The molecule has 4 heterocycles. The number of aliphatic hydroxyl groups excluding tert-OH is 1. The van der Waals surface area contributed by atoms with Crippen LogP contribution in [0.2, 0.25) is 0 Å². The van der Waals surface area contributed by atoms with Gasteiger partial charge in [-0.05, 0) is 23.6 Å². The maximum atomic E-state index is 10.8. The molecule has 0 aliphatic carbocycles. The van der Waals surface area contributed by atoms with Gasteiger partial charge >= 0.3 is 0 Å². The standard InChI is InChI=1S/C20H20N6O4/c1-20(2,3)15-7-17-22-23-18(16-6-14(10-28)30-25-16)26(17)24-19(15)29-11-13-5-4-12(9-27)8-21-13/h4-9,28H,10-11H2,1-3H3. The molecule has 0 bridgehead atoms. The monoisotopic (exact) mass is 408 g/mol. The summed E-state index contributed by atoms with van der Waals surface area (Å²) in [6.07, 6.45) is 2.23. The van der Waals surface area contributed by atoms with Crippen LogP contribution in [0.25, 0.3) is 17.2 Å². The van der Waals surface area contributed by atoms with E-state index in [1.165, 1.54) is 10.7 Å². The van der Waals surface area contributed by atoms with Crippen molar-refractivity contribution in [2.45, 2.75) is 39.4 Å². The Labute approximate surface area is 171 Å². The summed E-state index contributed by atoms with van der Waals surface area (Å²) in [5, 5.41) is 26.1. The van der Waals surface area contributed by atoms with E-state index in [1.807, 2.05) is 26.8 Å². The number of nitrogens with zero attached hydrogens (tertiary/aromatic N) is 6. The van der Waals surface area contributed by atoms with Crippen molar-refractivity contribution in [3.8, 4) is 17.4 Å². The smallest absolute Gasteiger partial charge is 0.236 e. The zero-order valence-electron chi connectivity index (χ0n) is 16.7. The van der Waals surface area contributed by atoms with E-state index >= 15 is 0 Å². The van der Waals surface area contributed by atoms with Crippen LogP contribution in [0.4, 0.5) is 0 Å². The maximum Gasteiger partial charge on any atom is 0.236 e. The molecule has 4 aromatic rings. The number of aromatic nitrogens is 6. The van der Waals surface area contributed by atoms with E-state index in [0.717, 1.165) is 11.8 Å². The molecule has 10 heteroatoms. The summed E-state index contributed by atoms with van der Waals surface area (Å²) in [6.45, 7) is 6.05. The number of fused-ring (bicyclic) bond motifs is 1. The van der Waals surface area contributed by atoms with E-state index in [-0.39, 0.29) is 18.6 Å². The van der Waals surface area contributed by atoms with Crippen LogP contribution in [0.15, 0.2) is 35.0 Å². The van der Waals surface area contributed by atoms with Gasteiger partial charge in [0, 0.05) is 23.4 Å². The molecule has 0 atom stereocenters. The van der Waals surface area contributed by atoms with Gasteiger partial charge in [-0.1, -0.05) is 25.9 Å². The molecule has 0 aliphatic heterocycles. The van der Waals surface area contributed by atoms with Gasteiger partial charge in [0.15, 0.2) is 23.4 Å². The molecular weight excluding hydrogens is 388 g/mol. The predicted molar refractivity (Wildman–Crippen MR) is 105 cm³/mol. The lowest BCUT2D eigenvalue weighted by atomic mass is 9.88. The van der Waals surface area contributed by atoms with Crippen molar-refractivity contribution >= 4 is 11.9 Å². The molecule has 0 fully saturated rings. The zero-order chi connectivity index (χ0) is 21.3. The minimum absolute atomic E-state index is 0.177. The molecule has 0 saturated heterocycles. The van der Waals surface area contributed by atoms with Gasteiger partial charge in [0.1, 0.15) is 13.2 Å². The quantitative estimate of drug-likeness (QED) is 0.478. The second-order valence-corrected chi connectivity index (χ2v) is 7.73. The summed E-state index contributed by atoms with van der Waals surface area (Å²) in [4.78, 5) is 15.0. The van der Waals surface area contributed by atoms with Crippen molar-refractivity contribution in [2.75, 3.05) is 0 Å². The topological polar surface area (TPSA) is 129 Å². The number of carbonyl (C=O) groups is 1. The number of aldehydes is 1. The number of aliphatic hydroxyl groups is 1. The van der Waals surface area contributed by atoms with E-state index in [1.54, 1.807) is 18.2 Å². The number of carbonyl (C=O) groups excluding carboxylic acids is 1. The summed E-state index contributed by atoms with van der Waals surface area (Å²) >= 11 is 0. The van der Waals surface area contributed by atoms with Crippen molar-refractivity contribution in [1.82, 2.24) is 30.0 Å². The first-order valence-electron chi connectivity index (χ1n) is 9.25. The summed E-state index contributed by atoms with van der Waals surface area (Å²) in [6, 6.07) is 6.86. The lowest BCUT2D eigenvalue weighted by Gasteiger charge is -2.21. The van der Waals surface area contributed by atoms with Crippen LogP contribution in [-0.4, -0.2) is 41.3 Å². The van der Waals surface area contributed by atoms with Gasteiger partial charge in [0.05, 0.1) is 5.69 Å². The average Bonchev–Trinajstić information content (AvgIpc) is 3.37. The molecule has 0 aromatic carbocycles. The van der Waals surface area contributed by atoms with Crippen LogP contribution in [0.1, 0.15) is 48.1 Å². The summed E-state index contributed by atoms with van der Waals surface area (Å²) in [7, 11) is 0. The van der Waals surface area contributed by atoms with Crippen LogP contribution in [-0.2, 0) is 18.6 Å². The molecule has 4 aromatic heterocycles. The van der Waals surface area contributed by atoms with Crippen LogP contribution >= 0.6 is 0 Å². The fourth-order valence-corrected chi connectivity index (χ4v) is 2.85. The first-order chi connectivity index (χ1) is 14.4. The molecule has 30 heavy (non-hydrogen) atoms. The van der Waals surface area contributed by atoms with Gasteiger partial charge in [-0.15, -0.1) is 15.3 Å². The van der Waals surface area contributed by atoms with E-state index in [4.69, 9.17) is 9.26 Å². The molecule has 10 nitrogen and oxygen atoms in total. The molecule has 0 amide bonds. The summed E-state index contributed by atoms with van der Waals surface area (Å²) in [5.41, 5.74) is 2.69. The van der Waals surface area contributed by atoms with Crippen LogP contribution in [0.5, 0.6) is 5.88 Å². The second kappa shape index (κ2) is 7.64. The van der Waals surface area contributed by atoms with Gasteiger partial charge in [-0.2, -0.15) is 4.52 Å². The Morgan fingerprint density at radius 3 is 2.70 bits per heavy atom. The molecular formula is C20H20N6O4. The SMILES string of the molecule is CC(C)(C)c1cc2nnc(-c3cc(CO)on3)n2nc1OCc1ccc(C=O)cn1. The van der Waals surface area contributed by atoms with Crippen molar-refractivity contribution < 1.29 is 19.2 Å². The van der Waals surface area contributed by atoms with E-state index in [2.05, 4.69) is 25.4 Å². The fraction of sp³-hybridized carbons (Fsp3) is 0.300. The molecule has 154 valence electrons. The number of ether oxygens (including phenoxy) is 1. The molecule has 4 rings (SSSR count). The third-order valence-corrected chi connectivity index (χ3v) is 4.45. The fourth-order valence-electron chi connectivity index (χ4n) is 2.85. The number of pyridine rings is 1. The molecule has 0 aliphatic rings. The van der Waals surface area contributed by atoms with Gasteiger partial charge in [0.2, 0.25) is 11.7 Å². The third-order valence-electron chi connectivity index (χ3n) is 4.45. The minimum atomic E-state index is -0.268. The zero-order valence-corrected chi connectivity index (χ0v) is 16.7. The highest BCUT2D eigenvalue weighted by Crippen LogP contribution is 2.32. The Morgan fingerprint density at radius 2 is 2.07 bits per heavy atom. The Kier molecular flexibility index (Phi) is 5.00. The van der Waals surface area contributed by atoms with Crippen molar-refractivity contribution in [3.63, 3.8) is 0 Å². The Morgan fingerprint density at radius 1 is 1.23 bits per heavy atom. The molecule has 0 saturated carbocycles. The number of hydrogen-bond acceptors (Lipinski definition) is 9. The first-order valence-corrected chi connectivity index (χ1v) is 9.25. The van der Waals surface area contributed by atoms with E-state index < -0.39 is 0 Å². The van der Waals surface area contributed by atoms with E-state index in [9.17, 15) is 9.90 Å². The summed E-state index contributed by atoms with van der Waals surface area (Å²) in [5.74, 6) is 1.09. The molecule has 0 spiro atoms. The lowest BCUT2D eigenvalue weighted by molar-refractivity contribution is 0.112. The van der Waals surface area contributed by atoms with Gasteiger partial charge in [0.25, 0.3) is 0 Å². The minimum Gasteiger partial charge on any atom is -0.470 e. The van der Waals surface area contributed by atoms with Gasteiger partial charge in [-0.3, -0.25) is 9.78 Å². The molecule has 0 unspecified atom stereocenters. The second-order valence-electron chi connectivity index (χ2n) is 7.73.